The number of carbonyl (C=O) groups is 2. The Balaban J connectivity index is 2.01. The monoisotopic (exact) mass is 404 g/mol. The molecule has 1 N–H and O–H groups in total. The van der Waals surface area contributed by atoms with E-state index in [9.17, 15) is 9.59 Å². The zero-order valence-electron chi connectivity index (χ0n) is 14.2. The Bertz CT molecular complexity index is 720. The number of nitrogens with one attached hydrogen (secondary N) is 1. The number of carbonyl (C=O) groups excluding carboxylic acids is 2. The highest BCUT2D eigenvalue weighted by atomic mass is 79.9. The average molecular weight is 405 g/mol. The second-order valence-electron chi connectivity index (χ2n) is 6.14. The van der Waals surface area contributed by atoms with Crippen LogP contribution < -0.4 is 5.32 Å². The Kier molecular flexibility index (Phi) is 7.13. The van der Waals surface area contributed by atoms with Crippen LogP contribution >= 0.6 is 15.9 Å². The fourth-order valence-electron chi connectivity index (χ4n) is 2.29. The third-order valence-electron chi connectivity index (χ3n) is 3.49. The van der Waals surface area contributed by atoms with Crippen LogP contribution in [0.4, 0.5) is 0 Å². The highest BCUT2D eigenvalue weighted by Gasteiger charge is 2.24. The lowest BCUT2D eigenvalue weighted by atomic mass is 10.0. The molecule has 1 atom stereocenters. The van der Waals surface area contributed by atoms with Crippen LogP contribution in [0.25, 0.3) is 0 Å². The van der Waals surface area contributed by atoms with Gasteiger partial charge in [-0.1, -0.05) is 44.2 Å². The maximum atomic E-state index is 12.4. The summed E-state index contributed by atoms with van der Waals surface area (Å²) in [5, 5.41) is 2.75. The van der Waals surface area contributed by atoms with Crippen molar-refractivity contribution in [1.82, 2.24) is 10.3 Å². The second-order valence-corrected chi connectivity index (χ2v) is 7.06. The minimum absolute atomic E-state index is 0.183. The third-order valence-corrected chi connectivity index (χ3v) is 3.92. The highest BCUT2D eigenvalue weighted by molar-refractivity contribution is 9.10. The highest BCUT2D eigenvalue weighted by Crippen LogP contribution is 2.12. The van der Waals surface area contributed by atoms with Crippen molar-refractivity contribution in [3.63, 3.8) is 0 Å². The first-order valence-corrected chi connectivity index (χ1v) is 8.87. The maximum Gasteiger partial charge on any atom is 0.328 e. The van der Waals surface area contributed by atoms with Gasteiger partial charge in [-0.3, -0.25) is 9.78 Å². The number of amides is 1. The standard InChI is InChI=1S/C19H21BrN2O3/c1-13(2)8-17(19(24)25-12-14-6-4-3-5-7-14)22-18(23)15-9-16(20)11-21-10-15/h3-7,9-11,13,17H,8,12H2,1-2H3,(H,22,23)/t17-/m0/s1. The van der Waals surface area contributed by atoms with Gasteiger partial charge in [0.25, 0.3) is 5.91 Å². The first-order valence-electron chi connectivity index (χ1n) is 8.07. The van der Waals surface area contributed by atoms with Gasteiger partial charge in [0.1, 0.15) is 12.6 Å². The molecular weight excluding hydrogens is 384 g/mol. The third kappa shape index (κ3) is 6.31. The van der Waals surface area contributed by atoms with E-state index in [-0.39, 0.29) is 18.4 Å². The summed E-state index contributed by atoms with van der Waals surface area (Å²) in [4.78, 5) is 28.8. The van der Waals surface area contributed by atoms with E-state index in [1.54, 1.807) is 12.3 Å². The topological polar surface area (TPSA) is 68.3 Å². The van der Waals surface area contributed by atoms with Gasteiger partial charge >= 0.3 is 5.97 Å². The fourth-order valence-corrected chi connectivity index (χ4v) is 2.66. The molecule has 6 heteroatoms. The summed E-state index contributed by atoms with van der Waals surface area (Å²) in [5.41, 5.74) is 1.29. The minimum Gasteiger partial charge on any atom is -0.459 e. The van der Waals surface area contributed by atoms with Crippen molar-refractivity contribution in [2.45, 2.75) is 32.9 Å². The summed E-state index contributed by atoms with van der Waals surface area (Å²) < 4.78 is 6.07. The maximum absolute atomic E-state index is 12.4. The number of pyridine rings is 1. The minimum atomic E-state index is -0.699. The van der Waals surface area contributed by atoms with Crippen LogP contribution in [-0.4, -0.2) is 22.9 Å². The SMILES string of the molecule is CC(C)C[C@H](NC(=O)c1cncc(Br)c1)C(=O)OCc1ccccc1. The number of hydrogen-bond acceptors (Lipinski definition) is 4. The number of esters is 1. The Labute approximate surface area is 155 Å². The average Bonchev–Trinajstić information content (AvgIpc) is 2.59. The van der Waals surface area contributed by atoms with Crippen molar-refractivity contribution < 1.29 is 14.3 Å². The molecule has 0 fully saturated rings. The molecule has 0 aliphatic heterocycles. The van der Waals surface area contributed by atoms with E-state index >= 15 is 0 Å². The van der Waals surface area contributed by atoms with Crippen molar-refractivity contribution in [2.75, 3.05) is 0 Å². The van der Waals surface area contributed by atoms with Gasteiger partial charge in [-0.25, -0.2) is 4.79 Å². The van der Waals surface area contributed by atoms with Gasteiger partial charge in [0, 0.05) is 16.9 Å². The van der Waals surface area contributed by atoms with Crippen LogP contribution in [0, 0.1) is 5.92 Å². The van der Waals surface area contributed by atoms with Crippen molar-refractivity contribution in [1.29, 1.82) is 0 Å². The van der Waals surface area contributed by atoms with E-state index in [2.05, 4.69) is 26.2 Å². The number of ether oxygens (including phenoxy) is 1. The second kappa shape index (κ2) is 9.32. The predicted molar refractivity (Wildman–Crippen MR) is 98.9 cm³/mol. The first kappa shape index (κ1) is 19.1. The molecule has 0 unspecified atom stereocenters. The van der Waals surface area contributed by atoms with E-state index in [0.29, 0.717) is 16.5 Å². The Hall–Kier alpha value is -2.21. The molecule has 0 bridgehead atoms. The van der Waals surface area contributed by atoms with Gasteiger partial charge in [-0.05, 0) is 39.9 Å². The molecule has 0 aliphatic carbocycles. The number of halogens is 1. The van der Waals surface area contributed by atoms with E-state index < -0.39 is 12.0 Å². The summed E-state index contributed by atoms with van der Waals surface area (Å²) in [5.74, 6) is -0.555. The first-order chi connectivity index (χ1) is 12.0. The molecule has 0 saturated carbocycles. The molecule has 1 heterocycles. The number of benzene rings is 1. The van der Waals surface area contributed by atoms with E-state index in [4.69, 9.17) is 4.74 Å². The van der Waals surface area contributed by atoms with Crippen LogP contribution in [0.1, 0.15) is 36.2 Å². The molecule has 132 valence electrons. The molecular formula is C19H21BrN2O3. The summed E-state index contributed by atoms with van der Waals surface area (Å²) >= 11 is 3.28. The van der Waals surface area contributed by atoms with Gasteiger partial charge < -0.3 is 10.1 Å². The Morgan fingerprint density at radius 2 is 1.92 bits per heavy atom. The fraction of sp³-hybridized carbons (Fsp3) is 0.316. The lowest BCUT2D eigenvalue weighted by molar-refractivity contribution is -0.147. The number of rotatable bonds is 7. The molecule has 0 aliphatic rings. The Morgan fingerprint density at radius 3 is 2.56 bits per heavy atom. The smallest absolute Gasteiger partial charge is 0.328 e. The van der Waals surface area contributed by atoms with E-state index in [1.165, 1.54) is 6.20 Å². The van der Waals surface area contributed by atoms with Gasteiger partial charge in [0.2, 0.25) is 0 Å². The van der Waals surface area contributed by atoms with Crippen LogP contribution in [0.15, 0.2) is 53.3 Å². The summed E-state index contributed by atoms with van der Waals surface area (Å²) in [6.07, 6.45) is 3.55. The summed E-state index contributed by atoms with van der Waals surface area (Å²) in [6, 6.07) is 10.4. The molecule has 2 aromatic rings. The Morgan fingerprint density at radius 1 is 1.20 bits per heavy atom. The zero-order valence-corrected chi connectivity index (χ0v) is 15.8. The molecule has 0 saturated heterocycles. The summed E-state index contributed by atoms with van der Waals surface area (Å²) in [7, 11) is 0. The molecule has 1 amide bonds. The molecule has 1 aromatic heterocycles. The van der Waals surface area contributed by atoms with Crippen LogP contribution in [-0.2, 0) is 16.1 Å². The molecule has 0 radical (unpaired) electrons. The van der Waals surface area contributed by atoms with Crippen molar-refractivity contribution in [2.24, 2.45) is 5.92 Å². The summed E-state index contributed by atoms with van der Waals surface area (Å²) in [6.45, 7) is 4.16. The van der Waals surface area contributed by atoms with Crippen LogP contribution in [0.3, 0.4) is 0 Å². The van der Waals surface area contributed by atoms with Gasteiger partial charge in [-0.2, -0.15) is 0 Å². The van der Waals surface area contributed by atoms with Gasteiger partial charge in [-0.15, -0.1) is 0 Å². The lowest BCUT2D eigenvalue weighted by Gasteiger charge is -2.19. The predicted octanol–water partition coefficient (Wildman–Crippen LogP) is 3.73. The molecule has 5 nitrogen and oxygen atoms in total. The molecule has 1 aromatic carbocycles. The normalized spacial score (nSPS) is 11.8. The van der Waals surface area contributed by atoms with Crippen molar-refractivity contribution in [3.05, 3.63) is 64.4 Å². The van der Waals surface area contributed by atoms with Crippen molar-refractivity contribution in [3.8, 4) is 0 Å². The molecule has 0 spiro atoms. The molecule has 25 heavy (non-hydrogen) atoms. The van der Waals surface area contributed by atoms with Crippen LogP contribution in [0.5, 0.6) is 0 Å². The zero-order chi connectivity index (χ0) is 18.2. The number of nitrogens with zero attached hydrogens (tertiary/aromatic N) is 1. The molecule has 2 rings (SSSR count). The van der Waals surface area contributed by atoms with Gasteiger partial charge in [0.05, 0.1) is 5.56 Å². The van der Waals surface area contributed by atoms with Gasteiger partial charge in [0.15, 0.2) is 0 Å². The lowest BCUT2D eigenvalue weighted by Crippen LogP contribution is -2.42. The largest absolute Gasteiger partial charge is 0.459 e. The van der Waals surface area contributed by atoms with Crippen molar-refractivity contribution >= 4 is 27.8 Å². The van der Waals surface area contributed by atoms with E-state index in [0.717, 1.165) is 5.56 Å². The number of aromatic nitrogens is 1. The van der Waals surface area contributed by atoms with Crippen LogP contribution in [0.2, 0.25) is 0 Å². The quantitative estimate of drug-likeness (QED) is 0.713. The van der Waals surface area contributed by atoms with E-state index in [1.807, 2.05) is 44.2 Å². The number of hydrogen-bond donors (Lipinski definition) is 1.